The molecule has 8 heteroatoms. The highest BCUT2D eigenvalue weighted by atomic mass is 35.5. The number of benzene rings is 1. The van der Waals surface area contributed by atoms with Crippen molar-refractivity contribution in [3.8, 4) is 17.2 Å². The summed E-state index contributed by atoms with van der Waals surface area (Å²) in [4.78, 5) is 0. The van der Waals surface area contributed by atoms with Crippen molar-refractivity contribution in [2.24, 2.45) is 0 Å². The predicted molar refractivity (Wildman–Crippen MR) is 68.9 cm³/mol. The van der Waals surface area contributed by atoms with E-state index in [0.29, 0.717) is 10.8 Å². The maximum atomic E-state index is 13.2. The first-order valence-corrected chi connectivity index (χ1v) is 6.53. The van der Waals surface area contributed by atoms with Crippen LogP contribution in [0.1, 0.15) is 5.56 Å². The summed E-state index contributed by atoms with van der Waals surface area (Å²) in [7, 11) is 0. The van der Waals surface area contributed by atoms with Gasteiger partial charge in [0.05, 0.1) is 6.07 Å². The van der Waals surface area contributed by atoms with Gasteiger partial charge >= 0.3 is 12.2 Å². The quantitative estimate of drug-likeness (QED) is 0.448. The number of ether oxygens (including phenoxy) is 2. The van der Waals surface area contributed by atoms with Crippen molar-refractivity contribution in [2.75, 3.05) is 0 Å². The zero-order valence-corrected chi connectivity index (χ0v) is 11.9. The van der Waals surface area contributed by atoms with Crippen LogP contribution in [0.25, 0.3) is 5.69 Å². The molecule has 0 atom stereocenters. The number of halogens is 5. The predicted octanol–water partition coefficient (Wildman–Crippen LogP) is 3.88. The Labute approximate surface area is 127 Å². The molecule has 116 valence electrons. The highest BCUT2D eigenvalue weighted by Gasteiger charge is 2.66. The standard InChI is InChI=1S/C14H9ClF4NO2/c1-8-2-5-12(15)20(7-8)9-3-4-10-11(6-9)22-14(18,19)13(16,17)21-10/h2-7H,1H3/q+1. The van der Waals surface area contributed by atoms with E-state index in [9.17, 15) is 17.6 Å². The highest BCUT2D eigenvalue weighted by molar-refractivity contribution is 6.28. The van der Waals surface area contributed by atoms with Crippen LogP contribution in [-0.4, -0.2) is 12.2 Å². The second kappa shape index (κ2) is 4.74. The molecule has 0 bridgehead atoms. The lowest BCUT2D eigenvalue weighted by Gasteiger charge is -2.31. The third-order valence-electron chi connectivity index (χ3n) is 3.07. The number of fused-ring (bicyclic) bond motifs is 1. The normalized spacial score (nSPS) is 18.1. The van der Waals surface area contributed by atoms with Crippen LogP contribution in [0.4, 0.5) is 17.6 Å². The summed E-state index contributed by atoms with van der Waals surface area (Å²) in [5, 5.41) is 0.319. The maximum Gasteiger partial charge on any atom is 0.507 e. The Hall–Kier alpha value is -2.02. The van der Waals surface area contributed by atoms with E-state index in [-0.39, 0.29) is 0 Å². The summed E-state index contributed by atoms with van der Waals surface area (Å²) in [6.45, 7) is 1.82. The van der Waals surface area contributed by atoms with Crippen molar-refractivity contribution < 1.29 is 31.6 Å². The third kappa shape index (κ3) is 2.35. The van der Waals surface area contributed by atoms with E-state index in [1.165, 1.54) is 10.6 Å². The maximum absolute atomic E-state index is 13.2. The minimum absolute atomic E-state index is 0.319. The Morgan fingerprint density at radius 3 is 2.27 bits per heavy atom. The second-order valence-electron chi connectivity index (χ2n) is 4.77. The number of hydrogen-bond donors (Lipinski definition) is 0. The molecule has 0 saturated heterocycles. The molecule has 0 radical (unpaired) electrons. The number of alkyl halides is 4. The van der Waals surface area contributed by atoms with E-state index in [2.05, 4.69) is 9.47 Å². The van der Waals surface area contributed by atoms with Crippen LogP contribution in [-0.2, 0) is 0 Å². The van der Waals surface area contributed by atoms with E-state index in [4.69, 9.17) is 11.6 Å². The van der Waals surface area contributed by atoms with Crippen LogP contribution >= 0.6 is 11.6 Å². The van der Waals surface area contributed by atoms with Crippen molar-refractivity contribution in [3.63, 3.8) is 0 Å². The summed E-state index contributed by atoms with van der Waals surface area (Å²) in [5.41, 5.74) is 1.24. The molecule has 0 saturated carbocycles. The number of aromatic nitrogens is 1. The first-order chi connectivity index (χ1) is 10.2. The molecule has 1 aliphatic rings. The van der Waals surface area contributed by atoms with Crippen LogP contribution < -0.4 is 14.0 Å². The molecule has 22 heavy (non-hydrogen) atoms. The van der Waals surface area contributed by atoms with Crippen LogP contribution in [0.15, 0.2) is 36.5 Å². The van der Waals surface area contributed by atoms with Gasteiger partial charge in [-0.1, -0.05) is 0 Å². The highest BCUT2D eigenvalue weighted by Crippen LogP contribution is 2.47. The molecule has 3 rings (SSSR count). The summed E-state index contributed by atoms with van der Waals surface area (Å²) in [6.07, 6.45) is -7.81. The van der Waals surface area contributed by atoms with Crippen LogP contribution in [0.2, 0.25) is 5.15 Å². The zero-order chi connectivity index (χ0) is 16.1. The smallest absolute Gasteiger partial charge is 0.421 e. The largest absolute Gasteiger partial charge is 0.507 e. The molecule has 0 unspecified atom stereocenters. The van der Waals surface area contributed by atoms with Gasteiger partial charge in [0.15, 0.2) is 17.7 Å². The van der Waals surface area contributed by atoms with E-state index in [0.717, 1.165) is 17.7 Å². The minimum atomic E-state index is -4.75. The molecule has 0 N–H and O–H groups in total. The fraction of sp³-hybridized carbons (Fsp3) is 0.214. The number of hydrogen-bond acceptors (Lipinski definition) is 2. The Morgan fingerprint density at radius 2 is 1.59 bits per heavy atom. The van der Waals surface area contributed by atoms with Crippen molar-refractivity contribution in [3.05, 3.63) is 47.2 Å². The van der Waals surface area contributed by atoms with Gasteiger partial charge in [-0.05, 0) is 30.7 Å². The first-order valence-electron chi connectivity index (χ1n) is 6.15. The molecule has 0 fully saturated rings. The third-order valence-corrected chi connectivity index (χ3v) is 3.38. The number of aryl methyl sites for hydroxylation is 1. The van der Waals surface area contributed by atoms with Gasteiger partial charge in [-0.3, -0.25) is 0 Å². The Morgan fingerprint density at radius 1 is 0.955 bits per heavy atom. The molecule has 1 aromatic heterocycles. The molecule has 2 heterocycles. The molecular weight excluding hydrogens is 326 g/mol. The average Bonchev–Trinajstić information content (AvgIpc) is 2.42. The summed E-state index contributed by atoms with van der Waals surface area (Å²) < 4.78 is 62.2. The van der Waals surface area contributed by atoms with Gasteiger partial charge in [-0.2, -0.15) is 17.6 Å². The fourth-order valence-electron chi connectivity index (χ4n) is 1.99. The summed E-state index contributed by atoms with van der Waals surface area (Å²) >= 11 is 6.04. The molecule has 2 aromatic rings. The van der Waals surface area contributed by atoms with E-state index in [1.807, 2.05) is 6.92 Å². The van der Waals surface area contributed by atoms with Gasteiger partial charge in [0.1, 0.15) is 0 Å². The topological polar surface area (TPSA) is 22.3 Å². The lowest BCUT2D eigenvalue weighted by Crippen LogP contribution is -2.52. The molecule has 1 aromatic carbocycles. The molecule has 0 amide bonds. The molecular formula is C14H9ClF4NO2+. The average molecular weight is 335 g/mol. The molecule has 1 aliphatic heterocycles. The van der Waals surface area contributed by atoms with Gasteiger partial charge in [0, 0.05) is 17.7 Å². The number of rotatable bonds is 1. The minimum Gasteiger partial charge on any atom is -0.421 e. The Bertz CT molecular complexity index is 752. The summed E-state index contributed by atoms with van der Waals surface area (Å²) in [5.74, 6) is -0.956. The second-order valence-corrected chi connectivity index (χ2v) is 5.16. The van der Waals surface area contributed by atoms with Gasteiger partial charge in [-0.25, -0.2) is 0 Å². The van der Waals surface area contributed by atoms with E-state index < -0.39 is 23.7 Å². The Kier molecular flexibility index (Phi) is 3.21. The molecule has 0 aliphatic carbocycles. The first kappa shape index (κ1) is 14.9. The number of nitrogens with zero attached hydrogens (tertiary/aromatic N) is 1. The van der Waals surface area contributed by atoms with Gasteiger partial charge in [-0.15, -0.1) is 4.57 Å². The van der Waals surface area contributed by atoms with Gasteiger partial charge < -0.3 is 9.47 Å². The van der Waals surface area contributed by atoms with Crippen molar-refractivity contribution in [1.82, 2.24) is 0 Å². The van der Waals surface area contributed by atoms with E-state index in [1.54, 1.807) is 18.3 Å². The van der Waals surface area contributed by atoms with Crippen LogP contribution in [0.5, 0.6) is 11.5 Å². The lowest BCUT2D eigenvalue weighted by molar-refractivity contribution is -0.593. The molecule has 0 spiro atoms. The summed E-state index contributed by atoms with van der Waals surface area (Å²) in [6, 6.07) is 7.08. The zero-order valence-electron chi connectivity index (χ0n) is 11.1. The fourth-order valence-corrected chi connectivity index (χ4v) is 2.20. The SMILES string of the molecule is Cc1ccc(Cl)[n+](-c2ccc3c(c2)OC(F)(F)C(F)(F)O3)c1. The van der Waals surface area contributed by atoms with Gasteiger partial charge in [0.25, 0.3) is 5.15 Å². The molecule has 3 nitrogen and oxygen atoms in total. The van der Waals surface area contributed by atoms with Crippen molar-refractivity contribution >= 4 is 11.6 Å². The van der Waals surface area contributed by atoms with Crippen molar-refractivity contribution in [2.45, 2.75) is 19.1 Å². The van der Waals surface area contributed by atoms with Crippen LogP contribution in [0.3, 0.4) is 0 Å². The van der Waals surface area contributed by atoms with E-state index >= 15 is 0 Å². The van der Waals surface area contributed by atoms with Gasteiger partial charge in [0.2, 0.25) is 5.69 Å². The Balaban J connectivity index is 2.08. The number of pyridine rings is 1. The monoisotopic (exact) mass is 334 g/mol. The van der Waals surface area contributed by atoms with Crippen molar-refractivity contribution in [1.29, 1.82) is 0 Å². The van der Waals surface area contributed by atoms with Crippen LogP contribution in [0, 0.1) is 6.92 Å². The lowest BCUT2D eigenvalue weighted by atomic mass is 10.2.